The minimum atomic E-state index is -0.185. The zero-order valence-electron chi connectivity index (χ0n) is 23.1. The van der Waals surface area contributed by atoms with Crippen LogP contribution in [0.1, 0.15) is 52.5 Å². The van der Waals surface area contributed by atoms with Crippen molar-refractivity contribution < 1.29 is 19.4 Å². The smallest absolute Gasteiger partial charge is 0.255 e. The number of aryl methyl sites for hydroxylation is 1. The van der Waals surface area contributed by atoms with Crippen LogP contribution in [0.15, 0.2) is 97.2 Å². The van der Waals surface area contributed by atoms with E-state index in [9.17, 15) is 9.90 Å². The number of hydrogen-bond donors (Lipinski definition) is 2. The second-order valence-electron chi connectivity index (χ2n) is 9.59. The molecule has 0 saturated carbocycles. The van der Waals surface area contributed by atoms with Crippen LogP contribution in [-0.2, 0) is 11.3 Å². The van der Waals surface area contributed by atoms with E-state index in [2.05, 4.69) is 34.7 Å². The lowest BCUT2D eigenvalue weighted by atomic mass is 9.96. The SMILES string of the molecule is COc1ccc(C(=O)Nc2ccc([C@@H](OC)[C@H](C)/C=C/CCn3cc(C(CO)c4ccccc4)nn3)cc2)cc1. The van der Waals surface area contributed by atoms with Gasteiger partial charge in [0, 0.05) is 37.0 Å². The van der Waals surface area contributed by atoms with E-state index in [4.69, 9.17) is 9.47 Å². The van der Waals surface area contributed by atoms with Gasteiger partial charge in [0.05, 0.1) is 31.4 Å². The Morgan fingerprint density at radius 2 is 1.73 bits per heavy atom. The summed E-state index contributed by atoms with van der Waals surface area (Å²) >= 11 is 0. The van der Waals surface area contributed by atoms with Crippen molar-refractivity contribution in [1.82, 2.24) is 15.0 Å². The third-order valence-electron chi connectivity index (χ3n) is 6.84. The molecule has 0 aliphatic heterocycles. The lowest BCUT2D eigenvalue weighted by Gasteiger charge is -2.21. The maximum Gasteiger partial charge on any atom is 0.255 e. The molecule has 0 fully saturated rings. The largest absolute Gasteiger partial charge is 0.497 e. The predicted molar refractivity (Wildman–Crippen MR) is 155 cm³/mol. The summed E-state index contributed by atoms with van der Waals surface area (Å²) in [4.78, 5) is 12.6. The normalized spacial score (nSPS) is 13.6. The van der Waals surface area contributed by atoms with Gasteiger partial charge in [0.2, 0.25) is 0 Å². The Bertz CT molecular complexity index is 1370. The van der Waals surface area contributed by atoms with Crippen LogP contribution in [0.3, 0.4) is 0 Å². The molecule has 1 aromatic heterocycles. The number of nitrogens with zero attached hydrogens (tertiary/aromatic N) is 3. The van der Waals surface area contributed by atoms with Crippen molar-refractivity contribution in [3.8, 4) is 5.75 Å². The highest BCUT2D eigenvalue weighted by Gasteiger charge is 2.18. The van der Waals surface area contributed by atoms with Gasteiger partial charge in [-0.3, -0.25) is 9.48 Å². The number of amides is 1. The van der Waals surface area contributed by atoms with Gasteiger partial charge < -0.3 is 19.9 Å². The minimum absolute atomic E-state index is 0.0193. The van der Waals surface area contributed by atoms with Crippen LogP contribution in [0.5, 0.6) is 5.75 Å². The molecular weight excluding hydrogens is 504 g/mol. The molecule has 0 bridgehead atoms. The molecule has 8 heteroatoms. The van der Waals surface area contributed by atoms with Gasteiger partial charge in [-0.25, -0.2) is 0 Å². The van der Waals surface area contributed by atoms with Crippen LogP contribution in [0, 0.1) is 5.92 Å². The highest BCUT2D eigenvalue weighted by molar-refractivity contribution is 6.04. The Hall–Kier alpha value is -4.27. The molecule has 1 heterocycles. The molecule has 0 saturated heterocycles. The second kappa shape index (κ2) is 14.2. The number of aliphatic hydroxyl groups is 1. The molecule has 8 nitrogen and oxygen atoms in total. The molecule has 1 unspecified atom stereocenters. The Morgan fingerprint density at radius 3 is 2.38 bits per heavy atom. The molecule has 40 heavy (non-hydrogen) atoms. The van der Waals surface area contributed by atoms with Crippen LogP contribution >= 0.6 is 0 Å². The number of allylic oxidation sites excluding steroid dienone is 1. The molecule has 4 aromatic rings. The van der Waals surface area contributed by atoms with E-state index in [1.54, 1.807) is 38.5 Å². The number of hydrogen-bond acceptors (Lipinski definition) is 6. The number of methoxy groups -OCH3 is 2. The molecule has 4 rings (SSSR count). The molecule has 0 aliphatic carbocycles. The van der Waals surface area contributed by atoms with Crippen molar-refractivity contribution in [2.24, 2.45) is 5.92 Å². The van der Waals surface area contributed by atoms with Crippen LogP contribution in [0.4, 0.5) is 5.69 Å². The topological polar surface area (TPSA) is 98.5 Å². The summed E-state index contributed by atoms with van der Waals surface area (Å²) in [5.74, 6) is 0.474. The maximum atomic E-state index is 12.6. The van der Waals surface area contributed by atoms with E-state index in [-0.39, 0.29) is 30.5 Å². The van der Waals surface area contributed by atoms with Gasteiger partial charge in [0.15, 0.2) is 0 Å². The average molecular weight is 541 g/mol. The highest BCUT2D eigenvalue weighted by Crippen LogP contribution is 2.28. The zero-order chi connectivity index (χ0) is 28.3. The first-order valence-electron chi connectivity index (χ1n) is 13.3. The van der Waals surface area contributed by atoms with Crippen LogP contribution in [0.25, 0.3) is 0 Å². The Kier molecular flexibility index (Phi) is 10.2. The standard InChI is InChI=1S/C32H36N4O4/c1-23(9-7-8-20-36-21-30(34-35-36)29(22-37)24-10-5-4-6-11-24)31(40-3)25-12-16-27(17-13-25)33-32(38)26-14-18-28(39-2)19-15-26/h4-7,9-19,21,23,29,31,37H,8,20,22H2,1-3H3,(H,33,38)/b9-7+/t23-,29?,31+/m1/s1. The number of aliphatic hydroxyl groups excluding tert-OH is 1. The maximum absolute atomic E-state index is 12.6. The van der Waals surface area contributed by atoms with Gasteiger partial charge in [-0.1, -0.05) is 66.8 Å². The van der Waals surface area contributed by atoms with Crippen LogP contribution in [-0.4, -0.2) is 46.8 Å². The van der Waals surface area contributed by atoms with Gasteiger partial charge in [-0.2, -0.15) is 0 Å². The summed E-state index contributed by atoms with van der Waals surface area (Å²) in [6.45, 7) is 2.78. The first-order valence-corrected chi connectivity index (χ1v) is 13.3. The molecular formula is C32H36N4O4. The van der Waals surface area contributed by atoms with E-state index < -0.39 is 0 Å². The lowest BCUT2D eigenvalue weighted by Crippen LogP contribution is -2.13. The van der Waals surface area contributed by atoms with Crippen LogP contribution < -0.4 is 10.1 Å². The predicted octanol–water partition coefficient (Wildman–Crippen LogP) is 5.63. The van der Waals surface area contributed by atoms with Crippen molar-refractivity contribution in [2.45, 2.75) is 31.9 Å². The van der Waals surface area contributed by atoms with Gasteiger partial charge in [0.25, 0.3) is 5.91 Å². The summed E-state index contributed by atoms with van der Waals surface area (Å²) in [6, 6.07) is 24.6. The zero-order valence-corrected chi connectivity index (χ0v) is 23.1. The molecule has 1 amide bonds. The number of carbonyl (C=O) groups is 1. The van der Waals surface area contributed by atoms with Gasteiger partial charge in [0.1, 0.15) is 5.75 Å². The van der Waals surface area contributed by atoms with Crippen molar-refractivity contribution in [2.75, 3.05) is 26.1 Å². The Labute approximate surface area is 235 Å². The molecule has 0 aliphatic rings. The molecule has 0 spiro atoms. The average Bonchev–Trinajstić information content (AvgIpc) is 3.46. The highest BCUT2D eigenvalue weighted by atomic mass is 16.5. The number of carbonyl (C=O) groups excluding carboxylic acids is 1. The third kappa shape index (κ3) is 7.43. The molecule has 0 radical (unpaired) electrons. The molecule has 3 atom stereocenters. The fraction of sp³-hybridized carbons (Fsp3) is 0.281. The molecule has 2 N–H and O–H groups in total. The monoisotopic (exact) mass is 540 g/mol. The van der Waals surface area contributed by atoms with Gasteiger partial charge >= 0.3 is 0 Å². The molecule has 208 valence electrons. The van der Waals surface area contributed by atoms with E-state index in [0.29, 0.717) is 23.5 Å². The van der Waals surface area contributed by atoms with E-state index in [0.717, 1.165) is 23.2 Å². The van der Waals surface area contributed by atoms with Gasteiger partial charge in [-0.15, -0.1) is 5.10 Å². The summed E-state index contributed by atoms with van der Waals surface area (Å²) < 4.78 is 12.8. The summed E-state index contributed by atoms with van der Waals surface area (Å²) in [5, 5.41) is 21.3. The van der Waals surface area contributed by atoms with Crippen molar-refractivity contribution in [3.63, 3.8) is 0 Å². The van der Waals surface area contributed by atoms with E-state index >= 15 is 0 Å². The Morgan fingerprint density at radius 1 is 1.00 bits per heavy atom. The number of ether oxygens (including phenoxy) is 2. The van der Waals surface area contributed by atoms with Crippen molar-refractivity contribution in [1.29, 1.82) is 0 Å². The van der Waals surface area contributed by atoms with Gasteiger partial charge in [-0.05, 0) is 53.9 Å². The van der Waals surface area contributed by atoms with E-state index in [1.807, 2.05) is 65.5 Å². The van der Waals surface area contributed by atoms with Crippen LogP contribution in [0.2, 0.25) is 0 Å². The first kappa shape index (κ1) is 28.7. The second-order valence-corrected chi connectivity index (χ2v) is 9.59. The number of aromatic nitrogens is 3. The molecule has 3 aromatic carbocycles. The lowest BCUT2D eigenvalue weighted by molar-refractivity contribution is 0.0741. The third-order valence-corrected chi connectivity index (χ3v) is 6.84. The minimum Gasteiger partial charge on any atom is -0.497 e. The summed E-state index contributed by atoms with van der Waals surface area (Å²) in [5.41, 5.74) is 4.08. The quantitative estimate of drug-likeness (QED) is 0.213. The summed E-state index contributed by atoms with van der Waals surface area (Å²) in [7, 11) is 3.30. The van der Waals surface area contributed by atoms with Crippen molar-refractivity contribution in [3.05, 3.63) is 120 Å². The first-order chi connectivity index (χ1) is 19.5. The van der Waals surface area contributed by atoms with E-state index in [1.165, 1.54) is 0 Å². The number of benzene rings is 3. The Balaban J connectivity index is 1.29. The fourth-order valence-corrected chi connectivity index (χ4v) is 4.61. The van der Waals surface area contributed by atoms with Crippen molar-refractivity contribution >= 4 is 11.6 Å². The fourth-order valence-electron chi connectivity index (χ4n) is 4.61. The summed E-state index contributed by atoms with van der Waals surface area (Å²) in [6.07, 6.45) is 6.83. The number of nitrogens with one attached hydrogen (secondary N) is 1. The number of anilines is 1. The number of rotatable bonds is 13.